The van der Waals surface area contributed by atoms with Crippen LogP contribution in [0.1, 0.15) is 22.8 Å². The number of aromatic nitrogens is 1. The van der Waals surface area contributed by atoms with Gasteiger partial charge in [-0.3, -0.25) is 4.79 Å². The molecule has 3 nitrogen and oxygen atoms in total. The SMILES string of the molecule is CC(=O)c1ccc(Oc2ccc(C(F)(F)F)cc2Cl)nc1. The summed E-state index contributed by atoms with van der Waals surface area (Å²) in [6.45, 7) is 1.39. The number of pyridine rings is 1. The minimum absolute atomic E-state index is 0.0488. The Hall–Kier alpha value is -2.08. The van der Waals surface area contributed by atoms with E-state index in [0.29, 0.717) is 5.56 Å². The van der Waals surface area contributed by atoms with Gasteiger partial charge in [-0.2, -0.15) is 13.2 Å². The minimum atomic E-state index is -4.47. The predicted octanol–water partition coefficient (Wildman–Crippen LogP) is 4.75. The number of ether oxygens (including phenoxy) is 1. The highest BCUT2D eigenvalue weighted by Crippen LogP contribution is 2.35. The smallest absolute Gasteiger partial charge is 0.416 e. The Kier molecular flexibility index (Phi) is 4.18. The lowest BCUT2D eigenvalue weighted by Crippen LogP contribution is -2.04. The maximum Gasteiger partial charge on any atom is 0.416 e. The van der Waals surface area contributed by atoms with Gasteiger partial charge in [-0.1, -0.05) is 11.6 Å². The zero-order chi connectivity index (χ0) is 15.6. The topological polar surface area (TPSA) is 39.2 Å². The Balaban J connectivity index is 2.22. The summed E-state index contributed by atoms with van der Waals surface area (Å²) >= 11 is 5.76. The van der Waals surface area contributed by atoms with Gasteiger partial charge in [0.1, 0.15) is 5.75 Å². The van der Waals surface area contributed by atoms with Crippen LogP contribution in [0.2, 0.25) is 5.02 Å². The van der Waals surface area contributed by atoms with Gasteiger partial charge < -0.3 is 4.74 Å². The average molecular weight is 316 g/mol. The van der Waals surface area contributed by atoms with Crippen molar-refractivity contribution in [2.75, 3.05) is 0 Å². The number of halogens is 4. The summed E-state index contributed by atoms with van der Waals surface area (Å²) in [6, 6.07) is 5.70. The number of alkyl halides is 3. The summed E-state index contributed by atoms with van der Waals surface area (Å²) in [5.74, 6) is 0.0241. The van der Waals surface area contributed by atoms with E-state index in [0.717, 1.165) is 18.2 Å². The van der Waals surface area contributed by atoms with Crippen molar-refractivity contribution in [2.24, 2.45) is 0 Å². The molecule has 0 fully saturated rings. The van der Waals surface area contributed by atoms with Gasteiger partial charge in [0.15, 0.2) is 5.78 Å². The predicted molar refractivity (Wildman–Crippen MR) is 70.8 cm³/mol. The Morgan fingerprint density at radius 2 is 1.95 bits per heavy atom. The molecule has 0 atom stereocenters. The first-order valence-corrected chi connectivity index (χ1v) is 6.17. The van der Waals surface area contributed by atoms with Crippen molar-refractivity contribution in [3.8, 4) is 11.6 Å². The molecule has 2 aromatic rings. The van der Waals surface area contributed by atoms with Gasteiger partial charge in [0.25, 0.3) is 0 Å². The van der Waals surface area contributed by atoms with E-state index in [4.69, 9.17) is 16.3 Å². The third-order valence-electron chi connectivity index (χ3n) is 2.62. The summed E-state index contributed by atoms with van der Waals surface area (Å²) in [6.07, 6.45) is -3.15. The number of carbonyl (C=O) groups is 1. The van der Waals surface area contributed by atoms with Crippen molar-refractivity contribution in [3.05, 3.63) is 52.7 Å². The van der Waals surface area contributed by atoms with Crippen LogP contribution in [-0.2, 0) is 6.18 Å². The summed E-state index contributed by atoms with van der Waals surface area (Å²) < 4.78 is 42.8. The molecule has 21 heavy (non-hydrogen) atoms. The van der Waals surface area contributed by atoms with Crippen LogP contribution in [0.5, 0.6) is 11.6 Å². The van der Waals surface area contributed by atoms with Gasteiger partial charge in [-0.05, 0) is 31.2 Å². The van der Waals surface area contributed by atoms with Crippen LogP contribution in [0, 0.1) is 0 Å². The van der Waals surface area contributed by atoms with E-state index in [1.807, 2.05) is 0 Å². The standard InChI is InChI=1S/C14H9ClF3NO2/c1-8(20)9-2-5-13(19-7-9)21-12-4-3-10(6-11(12)15)14(16,17)18/h2-7H,1H3. The van der Waals surface area contributed by atoms with Crippen LogP contribution in [0.3, 0.4) is 0 Å². The van der Waals surface area contributed by atoms with E-state index < -0.39 is 11.7 Å². The quantitative estimate of drug-likeness (QED) is 0.767. The fourth-order valence-electron chi connectivity index (χ4n) is 1.52. The van der Waals surface area contributed by atoms with Gasteiger partial charge in [0.05, 0.1) is 10.6 Å². The van der Waals surface area contributed by atoms with E-state index in [2.05, 4.69) is 4.98 Å². The maximum atomic E-state index is 12.5. The third-order valence-corrected chi connectivity index (χ3v) is 2.91. The molecule has 7 heteroatoms. The van der Waals surface area contributed by atoms with E-state index >= 15 is 0 Å². The molecule has 0 unspecified atom stereocenters. The number of carbonyl (C=O) groups excluding carboxylic acids is 1. The molecule has 1 heterocycles. The number of hydrogen-bond acceptors (Lipinski definition) is 3. The summed E-state index contributed by atoms with van der Waals surface area (Å²) in [4.78, 5) is 15.0. The monoisotopic (exact) mass is 315 g/mol. The van der Waals surface area contributed by atoms with Crippen molar-refractivity contribution in [2.45, 2.75) is 13.1 Å². The number of Topliss-reactive ketones (excluding diaryl/α,β-unsaturated/α-hetero) is 1. The number of rotatable bonds is 3. The van der Waals surface area contributed by atoms with Crippen LogP contribution in [-0.4, -0.2) is 10.8 Å². The number of ketones is 1. The van der Waals surface area contributed by atoms with Crippen LogP contribution < -0.4 is 4.74 Å². The fraction of sp³-hybridized carbons (Fsp3) is 0.143. The highest BCUT2D eigenvalue weighted by molar-refractivity contribution is 6.32. The Morgan fingerprint density at radius 1 is 1.24 bits per heavy atom. The molecule has 0 aliphatic rings. The normalized spacial score (nSPS) is 11.3. The van der Waals surface area contributed by atoms with Crippen molar-refractivity contribution < 1.29 is 22.7 Å². The molecule has 0 bridgehead atoms. The molecule has 0 saturated carbocycles. The molecule has 110 valence electrons. The van der Waals surface area contributed by atoms with Crippen molar-refractivity contribution in [3.63, 3.8) is 0 Å². The lowest BCUT2D eigenvalue weighted by molar-refractivity contribution is -0.137. The van der Waals surface area contributed by atoms with Crippen LogP contribution in [0.15, 0.2) is 36.5 Å². The van der Waals surface area contributed by atoms with Crippen LogP contribution >= 0.6 is 11.6 Å². The Morgan fingerprint density at radius 3 is 2.43 bits per heavy atom. The van der Waals surface area contributed by atoms with Gasteiger partial charge in [0, 0.05) is 17.8 Å². The first kappa shape index (κ1) is 15.3. The van der Waals surface area contributed by atoms with Crippen molar-refractivity contribution in [1.29, 1.82) is 0 Å². The molecular weight excluding hydrogens is 307 g/mol. The van der Waals surface area contributed by atoms with E-state index in [9.17, 15) is 18.0 Å². The second kappa shape index (κ2) is 5.73. The van der Waals surface area contributed by atoms with Gasteiger partial charge >= 0.3 is 6.18 Å². The second-order valence-electron chi connectivity index (χ2n) is 4.19. The number of benzene rings is 1. The molecule has 0 aliphatic heterocycles. The van der Waals surface area contributed by atoms with E-state index in [1.54, 1.807) is 0 Å². The van der Waals surface area contributed by atoms with Crippen LogP contribution in [0.25, 0.3) is 0 Å². The lowest BCUT2D eigenvalue weighted by Gasteiger charge is -2.10. The zero-order valence-corrected chi connectivity index (χ0v) is 11.5. The van der Waals surface area contributed by atoms with E-state index in [1.165, 1.54) is 25.3 Å². The zero-order valence-electron chi connectivity index (χ0n) is 10.7. The summed E-state index contributed by atoms with van der Waals surface area (Å²) in [7, 11) is 0. The highest BCUT2D eigenvalue weighted by Gasteiger charge is 2.31. The molecule has 0 saturated heterocycles. The first-order valence-electron chi connectivity index (χ1n) is 5.79. The van der Waals surface area contributed by atoms with Crippen molar-refractivity contribution in [1.82, 2.24) is 4.98 Å². The molecule has 0 spiro atoms. The largest absolute Gasteiger partial charge is 0.437 e. The molecule has 0 N–H and O–H groups in total. The molecule has 2 rings (SSSR count). The number of hydrogen-bond donors (Lipinski definition) is 0. The highest BCUT2D eigenvalue weighted by atomic mass is 35.5. The maximum absolute atomic E-state index is 12.5. The summed E-state index contributed by atoms with van der Waals surface area (Å²) in [5, 5.41) is -0.178. The average Bonchev–Trinajstić information content (AvgIpc) is 2.40. The van der Waals surface area contributed by atoms with Gasteiger partial charge in [-0.25, -0.2) is 4.98 Å². The fourth-order valence-corrected chi connectivity index (χ4v) is 1.74. The molecular formula is C14H9ClF3NO2. The molecule has 1 aromatic heterocycles. The first-order chi connectivity index (χ1) is 9.77. The molecule has 0 aliphatic carbocycles. The Labute approximate surface area is 123 Å². The number of nitrogens with zero attached hydrogens (tertiary/aromatic N) is 1. The van der Waals surface area contributed by atoms with Crippen molar-refractivity contribution >= 4 is 17.4 Å². The van der Waals surface area contributed by atoms with Gasteiger partial charge in [0.2, 0.25) is 5.88 Å². The van der Waals surface area contributed by atoms with Crippen LogP contribution in [0.4, 0.5) is 13.2 Å². The minimum Gasteiger partial charge on any atom is -0.437 e. The second-order valence-corrected chi connectivity index (χ2v) is 4.59. The molecule has 0 radical (unpaired) electrons. The van der Waals surface area contributed by atoms with E-state index in [-0.39, 0.29) is 22.4 Å². The third kappa shape index (κ3) is 3.72. The Bertz CT molecular complexity index is 669. The lowest BCUT2D eigenvalue weighted by atomic mass is 10.2. The molecule has 0 amide bonds. The molecule has 1 aromatic carbocycles. The van der Waals surface area contributed by atoms with Gasteiger partial charge in [-0.15, -0.1) is 0 Å². The summed E-state index contributed by atoms with van der Waals surface area (Å²) in [5.41, 5.74) is -0.458.